The number of carbonyl (C=O) groups excluding carboxylic acids is 6. The van der Waals surface area contributed by atoms with Crippen LogP contribution in [0, 0.1) is 0 Å². The highest BCUT2D eigenvalue weighted by Gasteiger charge is 2.42. The molecule has 0 radical (unpaired) electrons. The summed E-state index contributed by atoms with van der Waals surface area (Å²) in [5.41, 5.74) is 6.37. The Balaban J connectivity index is 1.49. The fourth-order valence-electron chi connectivity index (χ4n) is 5.85. The van der Waals surface area contributed by atoms with E-state index in [0.29, 0.717) is 32.2 Å². The fourth-order valence-corrected chi connectivity index (χ4v) is 5.85. The first-order chi connectivity index (χ1) is 22.8. The molecule has 2 aromatic rings. The van der Waals surface area contributed by atoms with Crippen LogP contribution in [0.2, 0.25) is 0 Å². The number of carbonyl (C=O) groups is 6. The van der Waals surface area contributed by atoms with Gasteiger partial charge in [-0.2, -0.15) is 0 Å². The fraction of sp³-hybridized carbons (Fsp3) is 0.486. The van der Waals surface area contributed by atoms with Crippen molar-refractivity contribution in [3.8, 4) is 0 Å². The van der Waals surface area contributed by atoms with Crippen molar-refractivity contribution in [2.75, 3.05) is 13.1 Å². The molecular formula is C35H45N5O8. The van der Waals surface area contributed by atoms with Gasteiger partial charge in [0.1, 0.15) is 36.4 Å². The summed E-state index contributed by atoms with van der Waals surface area (Å²) in [7, 11) is 0. The number of esters is 1. The largest absolute Gasteiger partial charge is 0.461 e. The lowest BCUT2D eigenvalue weighted by Crippen LogP contribution is -2.58. The Hall–Kier alpha value is -4.94. The monoisotopic (exact) mass is 663 g/mol. The van der Waals surface area contributed by atoms with E-state index in [1.54, 1.807) is 45.0 Å². The quantitative estimate of drug-likeness (QED) is 0.290. The number of hydrogen-bond acceptors (Lipinski definition) is 8. The van der Waals surface area contributed by atoms with E-state index in [2.05, 4.69) is 10.6 Å². The Morgan fingerprint density at radius 1 is 0.792 bits per heavy atom. The molecule has 0 unspecified atom stereocenters. The number of nitrogens with zero attached hydrogens (tertiary/aromatic N) is 2. The third-order valence-corrected chi connectivity index (χ3v) is 8.19. The SMILES string of the molecule is CC(C)(C)OC(=O)N1CCC[C@H]1C(=O)N[C@@H](CC(=O)OCc1ccccc1)C(=O)N1CCC[C@H]1C(=O)N[C@@H](Cc1ccccc1)C(N)=O. The summed E-state index contributed by atoms with van der Waals surface area (Å²) < 4.78 is 10.9. The average Bonchev–Trinajstić information content (AvgIpc) is 3.74. The highest BCUT2D eigenvalue weighted by atomic mass is 16.6. The topological polar surface area (TPSA) is 177 Å². The van der Waals surface area contributed by atoms with Crippen molar-refractivity contribution >= 4 is 35.7 Å². The number of hydrogen-bond donors (Lipinski definition) is 3. The lowest BCUT2D eigenvalue weighted by atomic mass is 10.0. The van der Waals surface area contributed by atoms with Gasteiger partial charge in [-0.25, -0.2) is 4.79 Å². The zero-order chi connectivity index (χ0) is 34.8. The van der Waals surface area contributed by atoms with Crippen LogP contribution < -0.4 is 16.4 Å². The van der Waals surface area contributed by atoms with Crippen LogP contribution in [0.5, 0.6) is 0 Å². The van der Waals surface area contributed by atoms with Crippen LogP contribution in [0.15, 0.2) is 60.7 Å². The van der Waals surface area contributed by atoms with Crippen molar-refractivity contribution in [3.63, 3.8) is 0 Å². The van der Waals surface area contributed by atoms with Gasteiger partial charge in [0.15, 0.2) is 0 Å². The summed E-state index contributed by atoms with van der Waals surface area (Å²) in [5.74, 6) is -3.29. The van der Waals surface area contributed by atoms with Crippen LogP contribution in [-0.4, -0.2) is 88.3 Å². The van der Waals surface area contributed by atoms with Gasteiger partial charge in [0.2, 0.25) is 23.6 Å². The normalized spacial score (nSPS) is 18.8. The van der Waals surface area contributed by atoms with Crippen molar-refractivity contribution in [1.29, 1.82) is 0 Å². The summed E-state index contributed by atoms with van der Waals surface area (Å²) in [6, 6.07) is 13.8. The molecule has 13 nitrogen and oxygen atoms in total. The smallest absolute Gasteiger partial charge is 0.410 e. The molecular weight excluding hydrogens is 618 g/mol. The van der Waals surface area contributed by atoms with E-state index in [9.17, 15) is 28.8 Å². The Kier molecular flexibility index (Phi) is 12.2. The van der Waals surface area contributed by atoms with Gasteiger partial charge in [0.25, 0.3) is 0 Å². The van der Waals surface area contributed by atoms with E-state index in [1.165, 1.54) is 9.80 Å². The maximum absolute atomic E-state index is 14.1. The molecule has 2 fully saturated rings. The van der Waals surface area contributed by atoms with Crippen molar-refractivity contribution in [2.45, 2.75) is 95.7 Å². The Labute approximate surface area is 280 Å². The van der Waals surface area contributed by atoms with E-state index in [-0.39, 0.29) is 19.6 Å². The standard InChI is InChI=1S/C35H45N5O8/c1-35(2,3)48-34(46)40-19-11-17-28(40)32(44)38-26(21-29(41)47-22-24-14-8-5-9-15-24)33(45)39-18-10-16-27(39)31(43)37-25(30(36)42)20-23-12-6-4-7-13-23/h4-9,12-15,25-28H,10-11,16-22H2,1-3H3,(H2,36,42)(H,37,43)(H,38,44)/t25-,26-,27-,28-/m0/s1. The van der Waals surface area contributed by atoms with Gasteiger partial charge < -0.3 is 30.7 Å². The molecule has 5 amide bonds. The van der Waals surface area contributed by atoms with Crippen LogP contribution in [0.25, 0.3) is 0 Å². The summed E-state index contributed by atoms with van der Waals surface area (Å²) >= 11 is 0. The van der Waals surface area contributed by atoms with Gasteiger partial charge in [-0.05, 0) is 57.6 Å². The second-order valence-corrected chi connectivity index (χ2v) is 13.1. The first-order valence-electron chi connectivity index (χ1n) is 16.3. The molecule has 4 rings (SSSR count). The number of primary amides is 1. The van der Waals surface area contributed by atoms with E-state index < -0.39 is 71.9 Å². The number of likely N-dealkylation sites (tertiary alicyclic amines) is 2. The lowest BCUT2D eigenvalue weighted by molar-refractivity contribution is -0.150. The van der Waals surface area contributed by atoms with Crippen molar-refractivity contribution in [1.82, 2.24) is 20.4 Å². The number of rotatable bonds is 12. The molecule has 2 aliphatic heterocycles. The summed E-state index contributed by atoms with van der Waals surface area (Å²) in [5, 5.41) is 5.37. The zero-order valence-corrected chi connectivity index (χ0v) is 27.7. The Bertz CT molecular complexity index is 1460. The van der Waals surface area contributed by atoms with E-state index in [0.717, 1.165) is 11.1 Å². The maximum atomic E-state index is 14.1. The third-order valence-electron chi connectivity index (χ3n) is 8.19. The van der Waals surface area contributed by atoms with Gasteiger partial charge in [-0.1, -0.05) is 60.7 Å². The van der Waals surface area contributed by atoms with Crippen LogP contribution >= 0.6 is 0 Å². The molecule has 0 aromatic heterocycles. The molecule has 0 spiro atoms. The number of ether oxygens (including phenoxy) is 2. The summed E-state index contributed by atoms with van der Waals surface area (Å²) in [4.78, 5) is 81.9. The molecule has 0 aliphatic carbocycles. The van der Waals surface area contributed by atoms with Crippen molar-refractivity contribution < 1.29 is 38.2 Å². The predicted octanol–water partition coefficient (Wildman–Crippen LogP) is 2.21. The van der Waals surface area contributed by atoms with Crippen LogP contribution in [-0.2, 0) is 46.5 Å². The second kappa shape index (κ2) is 16.2. The maximum Gasteiger partial charge on any atom is 0.410 e. The highest BCUT2D eigenvalue weighted by Crippen LogP contribution is 2.23. The molecule has 48 heavy (non-hydrogen) atoms. The van der Waals surface area contributed by atoms with Crippen LogP contribution in [0.1, 0.15) is 64.0 Å². The molecule has 2 aliphatic rings. The molecule has 13 heteroatoms. The van der Waals surface area contributed by atoms with Crippen molar-refractivity contribution in [3.05, 3.63) is 71.8 Å². The number of amides is 5. The molecule has 2 heterocycles. The number of benzene rings is 2. The molecule has 2 saturated heterocycles. The molecule has 0 bridgehead atoms. The molecule has 4 atom stereocenters. The van der Waals surface area contributed by atoms with Gasteiger partial charge >= 0.3 is 12.1 Å². The Morgan fingerprint density at radius 3 is 1.88 bits per heavy atom. The minimum atomic E-state index is -1.38. The minimum Gasteiger partial charge on any atom is -0.461 e. The Morgan fingerprint density at radius 2 is 1.31 bits per heavy atom. The third kappa shape index (κ3) is 10.0. The van der Waals surface area contributed by atoms with Gasteiger partial charge in [0.05, 0.1) is 6.42 Å². The minimum absolute atomic E-state index is 0.0335. The summed E-state index contributed by atoms with van der Waals surface area (Å²) in [6.45, 7) is 5.62. The average molecular weight is 664 g/mol. The van der Waals surface area contributed by atoms with E-state index in [1.807, 2.05) is 36.4 Å². The lowest BCUT2D eigenvalue weighted by Gasteiger charge is -2.31. The molecule has 2 aromatic carbocycles. The zero-order valence-electron chi connectivity index (χ0n) is 27.7. The molecule has 4 N–H and O–H groups in total. The number of nitrogens with two attached hydrogens (primary N) is 1. The van der Waals surface area contributed by atoms with Gasteiger partial charge in [0, 0.05) is 19.5 Å². The second-order valence-electron chi connectivity index (χ2n) is 13.1. The van der Waals surface area contributed by atoms with Crippen LogP contribution in [0.4, 0.5) is 4.79 Å². The number of nitrogens with one attached hydrogen (secondary N) is 2. The first-order valence-corrected chi connectivity index (χ1v) is 16.3. The van der Waals surface area contributed by atoms with Gasteiger partial charge in [-0.15, -0.1) is 0 Å². The summed E-state index contributed by atoms with van der Waals surface area (Å²) in [6.07, 6.45) is 0.702. The van der Waals surface area contributed by atoms with E-state index >= 15 is 0 Å². The first kappa shape index (κ1) is 35.9. The predicted molar refractivity (Wildman–Crippen MR) is 175 cm³/mol. The van der Waals surface area contributed by atoms with E-state index in [4.69, 9.17) is 15.2 Å². The van der Waals surface area contributed by atoms with Crippen molar-refractivity contribution in [2.24, 2.45) is 5.73 Å². The highest BCUT2D eigenvalue weighted by molar-refractivity contribution is 5.97. The molecule has 258 valence electrons. The van der Waals surface area contributed by atoms with Gasteiger partial charge in [-0.3, -0.25) is 28.9 Å². The molecule has 0 saturated carbocycles. The van der Waals surface area contributed by atoms with Crippen LogP contribution in [0.3, 0.4) is 0 Å².